The van der Waals surface area contributed by atoms with Crippen molar-refractivity contribution < 1.29 is 28.9 Å². The van der Waals surface area contributed by atoms with Gasteiger partial charge < -0.3 is 24.6 Å². The third-order valence-electron chi connectivity index (χ3n) is 4.71. The predicted molar refractivity (Wildman–Crippen MR) is 124 cm³/mol. The molecule has 0 atom stereocenters. The van der Waals surface area contributed by atoms with Gasteiger partial charge in [-0.25, -0.2) is 9.59 Å². The Kier molecular flexibility index (Phi) is 9.45. The number of hydrogen-bond acceptors (Lipinski definition) is 7. The lowest BCUT2D eigenvalue weighted by Gasteiger charge is -2.15. The summed E-state index contributed by atoms with van der Waals surface area (Å²) >= 11 is 0. The van der Waals surface area contributed by atoms with Crippen LogP contribution >= 0.6 is 0 Å². The zero-order chi connectivity index (χ0) is 23.3. The summed E-state index contributed by atoms with van der Waals surface area (Å²) in [5, 5.41) is 11.9. The van der Waals surface area contributed by atoms with Gasteiger partial charge in [-0.05, 0) is 23.3 Å². The SMILES string of the molecule is O=C(OCc1ccccc1)c1cccc(NCCOCCO)c1C(=O)OCc1ccccc1. The molecule has 0 fully saturated rings. The van der Waals surface area contributed by atoms with E-state index < -0.39 is 11.9 Å². The highest BCUT2D eigenvalue weighted by atomic mass is 16.5. The topological polar surface area (TPSA) is 94.1 Å². The Morgan fingerprint density at radius 2 is 1.33 bits per heavy atom. The summed E-state index contributed by atoms with van der Waals surface area (Å²) in [6.45, 7) is 1.01. The van der Waals surface area contributed by atoms with Crippen LogP contribution in [0.3, 0.4) is 0 Å². The number of carbonyl (C=O) groups excluding carboxylic acids is 2. The molecular formula is C26H27NO6. The Morgan fingerprint density at radius 1 is 0.727 bits per heavy atom. The van der Waals surface area contributed by atoms with Crippen molar-refractivity contribution in [2.45, 2.75) is 13.2 Å². The highest BCUT2D eigenvalue weighted by Gasteiger charge is 2.23. The number of esters is 2. The van der Waals surface area contributed by atoms with E-state index in [2.05, 4.69) is 5.32 Å². The molecule has 3 aromatic rings. The average Bonchev–Trinajstić information content (AvgIpc) is 2.86. The van der Waals surface area contributed by atoms with E-state index >= 15 is 0 Å². The lowest BCUT2D eigenvalue weighted by Crippen LogP contribution is -2.19. The number of aliphatic hydroxyl groups is 1. The first-order valence-corrected chi connectivity index (χ1v) is 10.7. The van der Waals surface area contributed by atoms with Crippen LogP contribution in [0, 0.1) is 0 Å². The Labute approximate surface area is 192 Å². The van der Waals surface area contributed by atoms with Gasteiger partial charge in [0.25, 0.3) is 0 Å². The van der Waals surface area contributed by atoms with Gasteiger partial charge in [0.1, 0.15) is 13.2 Å². The molecule has 0 saturated carbocycles. The van der Waals surface area contributed by atoms with E-state index in [1.165, 1.54) is 0 Å². The van der Waals surface area contributed by atoms with Crippen molar-refractivity contribution in [1.29, 1.82) is 0 Å². The van der Waals surface area contributed by atoms with Gasteiger partial charge in [-0.2, -0.15) is 0 Å². The van der Waals surface area contributed by atoms with E-state index in [1.807, 2.05) is 60.7 Å². The van der Waals surface area contributed by atoms with Crippen LogP contribution in [0.15, 0.2) is 78.9 Å². The summed E-state index contributed by atoms with van der Waals surface area (Å²) in [6.07, 6.45) is 0. The van der Waals surface area contributed by atoms with Crippen molar-refractivity contribution >= 4 is 17.6 Å². The summed E-state index contributed by atoms with van der Waals surface area (Å²) in [6, 6.07) is 23.5. The monoisotopic (exact) mass is 449 g/mol. The van der Waals surface area contributed by atoms with Crippen molar-refractivity contribution in [3.63, 3.8) is 0 Å². The molecule has 3 rings (SSSR count). The lowest BCUT2D eigenvalue weighted by atomic mass is 10.0. The Hall–Kier alpha value is -3.68. The molecular weight excluding hydrogens is 422 g/mol. The molecule has 0 radical (unpaired) electrons. The number of rotatable bonds is 12. The fourth-order valence-electron chi connectivity index (χ4n) is 3.11. The van der Waals surface area contributed by atoms with Crippen LogP contribution in [0.1, 0.15) is 31.8 Å². The van der Waals surface area contributed by atoms with Crippen molar-refractivity contribution in [2.75, 3.05) is 31.7 Å². The van der Waals surface area contributed by atoms with Gasteiger partial charge in [0.15, 0.2) is 0 Å². The first-order valence-electron chi connectivity index (χ1n) is 10.7. The number of ether oxygens (including phenoxy) is 3. The molecule has 172 valence electrons. The van der Waals surface area contributed by atoms with E-state index in [0.29, 0.717) is 18.8 Å². The summed E-state index contributed by atoms with van der Waals surface area (Å²) in [5.41, 5.74) is 2.34. The molecule has 0 saturated heterocycles. The van der Waals surface area contributed by atoms with E-state index in [9.17, 15) is 9.59 Å². The number of nitrogens with one attached hydrogen (secondary N) is 1. The third kappa shape index (κ3) is 7.45. The quantitative estimate of drug-likeness (QED) is 0.321. The standard InChI is InChI=1S/C26H27NO6/c28-15-17-31-16-14-27-23-13-7-12-22(25(29)32-18-20-8-3-1-4-9-20)24(23)26(30)33-19-21-10-5-2-6-11-21/h1-13,27-28H,14-19H2. The van der Waals surface area contributed by atoms with Gasteiger partial charge in [-0.3, -0.25) is 0 Å². The first kappa shape index (κ1) is 24.0. The molecule has 3 aromatic carbocycles. The van der Waals surface area contributed by atoms with Crippen LogP contribution < -0.4 is 5.32 Å². The maximum atomic E-state index is 13.0. The van der Waals surface area contributed by atoms with E-state index in [-0.39, 0.29) is 37.6 Å². The van der Waals surface area contributed by atoms with E-state index in [0.717, 1.165) is 11.1 Å². The smallest absolute Gasteiger partial charge is 0.341 e. The predicted octanol–water partition coefficient (Wildman–Crippen LogP) is 3.82. The maximum absolute atomic E-state index is 13.0. The second-order valence-electron chi connectivity index (χ2n) is 7.11. The zero-order valence-corrected chi connectivity index (χ0v) is 18.2. The first-order chi connectivity index (χ1) is 16.2. The highest BCUT2D eigenvalue weighted by Crippen LogP contribution is 2.23. The van der Waals surface area contributed by atoms with Crippen LogP contribution in [0.5, 0.6) is 0 Å². The van der Waals surface area contributed by atoms with Crippen molar-refractivity contribution in [2.24, 2.45) is 0 Å². The number of benzene rings is 3. The van der Waals surface area contributed by atoms with Gasteiger partial charge in [0, 0.05) is 12.2 Å². The number of aliphatic hydroxyl groups excluding tert-OH is 1. The zero-order valence-electron chi connectivity index (χ0n) is 18.2. The minimum absolute atomic E-state index is 0.0696. The molecule has 0 spiro atoms. The Bertz CT molecular complexity index is 1020. The van der Waals surface area contributed by atoms with Crippen LogP contribution in [0.25, 0.3) is 0 Å². The Balaban J connectivity index is 1.77. The summed E-state index contributed by atoms with van der Waals surface area (Å²) < 4.78 is 16.2. The lowest BCUT2D eigenvalue weighted by molar-refractivity contribution is 0.0426. The van der Waals surface area contributed by atoms with Crippen molar-refractivity contribution in [3.8, 4) is 0 Å². The third-order valence-corrected chi connectivity index (χ3v) is 4.71. The van der Waals surface area contributed by atoms with Gasteiger partial charge in [0.2, 0.25) is 0 Å². The second-order valence-corrected chi connectivity index (χ2v) is 7.11. The van der Waals surface area contributed by atoms with E-state index in [4.69, 9.17) is 19.3 Å². The minimum atomic E-state index is -0.634. The van der Waals surface area contributed by atoms with Crippen molar-refractivity contribution in [3.05, 3.63) is 101 Å². The molecule has 0 amide bonds. The fraction of sp³-hybridized carbons (Fsp3) is 0.231. The number of carbonyl (C=O) groups is 2. The van der Waals surface area contributed by atoms with Crippen LogP contribution in [-0.4, -0.2) is 43.4 Å². The molecule has 33 heavy (non-hydrogen) atoms. The molecule has 0 bridgehead atoms. The van der Waals surface area contributed by atoms with Crippen LogP contribution in [-0.2, 0) is 27.4 Å². The molecule has 0 aliphatic heterocycles. The van der Waals surface area contributed by atoms with Gasteiger partial charge in [-0.15, -0.1) is 0 Å². The largest absolute Gasteiger partial charge is 0.457 e. The maximum Gasteiger partial charge on any atom is 0.341 e. The normalized spacial score (nSPS) is 10.5. The summed E-state index contributed by atoms with van der Waals surface area (Å²) in [4.78, 5) is 25.9. The van der Waals surface area contributed by atoms with Gasteiger partial charge >= 0.3 is 11.9 Å². The van der Waals surface area contributed by atoms with Crippen LogP contribution in [0.4, 0.5) is 5.69 Å². The molecule has 7 heteroatoms. The van der Waals surface area contributed by atoms with Gasteiger partial charge in [-0.1, -0.05) is 66.7 Å². The molecule has 7 nitrogen and oxygen atoms in total. The fourth-order valence-corrected chi connectivity index (χ4v) is 3.11. The second kappa shape index (κ2) is 13.0. The number of anilines is 1. The molecule has 0 aromatic heterocycles. The minimum Gasteiger partial charge on any atom is -0.457 e. The average molecular weight is 450 g/mol. The summed E-state index contributed by atoms with van der Waals surface area (Å²) in [7, 11) is 0. The van der Waals surface area contributed by atoms with E-state index in [1.54, 1.807) is 18.2 Å². The number of hydrogen-bond donors (Lipinski definition) is 2. The summed E-state index contributed by atoms with van der Waals surface area (Å²) in [5.74, 6) is -1.25. The molecule has 0 unspecified atom stereocenters. The molecule has 0 heterocycles. The van der Waals surface area contributed by atoms with Crippen LogP contribution in [0.2, 0.25) is 0 Å². The Morgan fingerprint density at radius 3 is 1.94 bits per heavy atom. The molecule has 2 N–H and O–H groups in total. The van der Waals surface area contributed by atoms with Gasteiger partial charge in [0.05, 0.1) is 30.9 Å². The highest BCUT2D eigenvalue weighted by molar-refractivity contribution is 6.07. The van der Waals surface area contributed by atoms with Crippen molar-refractivity contribution in [1.82, 2.24) is 0 Å². The molecule has 0 aliphatic carbocycles. The molecule has 0 aliphatic rings.